The Morgan fingerprint density at radius 1 is 1.10 bits per heavy atom. The maximum Gasteiger partial charge on any atom is 0.347 e. The summed E-state index contributed by atoms with van der Waals surface area (Å²) in [6, 6.07) is 8.99. The van der Waals surface area contributed by atoms with Crippen LogP contribution < -0.4 is 9.47 Å². The molecule has 0 saturated carbocycles. The lowest BCUT2D eigenvalue weighted by Crippen LogP contribution is -2.10. The summed E-state index contributed by atoms with van der Waals surface area (Å²) in [5.74, 6) is -0.524. The van der Waals surface area contributed by atoms with Gasteiger partial charge in [0.2, 0.25) is 0 Å². The molecule has 0 aromatic heterocycles. The molecule has 2 rings (SSSR count). The van der Waals surface area contributed by atoms with E-state index < -0.39 is 5.97 Å². The van der Waals surface area contributed by atoms with E-state index in [2.05, 4.69) is 0 Å². The Bertz CT molecular complexity index is 628. The molecule has 0 amide bonds. The number of benzene rings is 2. The van der Waals surface area contributed by atoms with E-state index in [0.717, 1.165) is 0 Å². The summed E-state index contributed by atoms with van der Waals surface area (Å²) in [5, 5.41) is 19.3. The summed E-state index contributed by atoms with van der Waals surface area (Å²) in [7, 11) is 1.42. The van der Waals surface area contributed by atoms with Crippen LogP contribution in [0.15, 0.2) is 36.4 Å². The van der Waals surface area contributed by atoms with E-state index in [1.165, 1.54) is 31.4 Å². The molecular weight excluding hydrogens is 260 g/mol. The van der Waals surface area contributed by atoms with Gasteiger partial charge in [0, 0.05) is 6.07 Å². The van der Waals surface area contributed by atoms with E-state index in [0.29, 0.717) is 5.56 Å². The predicted octanol–water partition coefficient (Wildman–Crippen LogP) is 2.63. The van der Waals surface area contributed by atoms with Gasteiger partial charge in [0.25, 0.3) is 0 Å². The Balaban J connectivity index is 2.26. The first-order chi connectivity index (χ1) is 9.52. The zero-order valence-corrected chi connectivity index (χ0v) is 11.1. The minimum atomic E-state index is -0.690. The molecule has 0 atom stereocenters. The van der Waals surface area contributed by atoms with Gasteiger partial charge in [-0.2, -0.15) is 0 Å². The van der Waals surface area contributed by atoms with Gasteiger partial charge in [-0.05, 0) is 30.7 Å². The maximum atomic E-state index is 12.0. The van der Waals surface area contributed by atoms with E-state index in [1.807, 2.05) is 0 Å². The lowest BCUT2D eigenvalue weighted by Gasteiger charge is -2.09. The number of rotatable bonds is 3. The molecule has 5 heteroatoms. The number of phenols is 2. The summed E-state index contributed by atoms with van der Waals surface area (Å²) < 4.78 is 10.0. The number of hydrogen-bond donors (Lipinski definition) is 2. The summed E-state index contributed by atoms with van der Waals surface area (Å²) in [6.45, 7) is 1.70. The van der Waals surface area contributed by atoms with Crippen LogP contribution in [0.2, 0.25) is 0 Å². The van der Waals surface area contributed by atoms with Crippen molar-refractivity contribution in [1.29, 1.82) is 0 Å². The second kappa shape index (κ2) is 5.52. The largest absolute Gasteiger partial charge is 0.507 e. The summed E-state index contributed by atoms with van der Waals surface area (Å²) in [6.07, 6.45) is 0. The minimum absolute atomic E-state index is 0.0998. The lowest BCUT2D eigenvalue weighted by atomic mass is 10.1. The fourth-order valence-corrected chi connectivity index (χ4v) is 1.81. The van der Waals surface area contributed by atoms with Gasteiger partial charge in [-0.3, -0.25) is 0 Å². The van der Waals surface area contributed by atoms with Crippen molar-refractivity contribution in [3.63, 3.8) is 0 Å². The quantitative estimate of drug-likeness (QED) is 0.664. The molecule has 2 N–H and O–H groups in total. The van der Waals surface area contributed by atoms with Gasteiger partial charge < -0.3 is 19.7 Å². The van der Waals surface area contributed by atoms with Crippen LogP contribution in [-0.2, 0) is 0 Å². The molecular formula is C15H14O5. The van der Waals surface area contributed by atoms with Crippen molar-refractivity contribution in [2.45, 2.75) is 6.92 Å². The highest BCUT2D eigenvalue weighted by atomic mass is 16.5. The molecule has 0 aliphatic heterocycles. The van der Waals surface area contributed by atoms with Crippen LogP contribution in [0, 0.1) is 6.92 Å². The molecule has 0 radical (unpaired) electrons. The molecule has 0 fully saturated rings. The molecule has 104 valence electrons. The van der Waals surface area contributed by atoms with E-state index in [9.17, 15) is 15.0 Å². The average Bonchev–Trinajstić information content (AvgIpc) is 2.38. The third kappa shape index (κ3) is 2.66. The molecule has 5 nitrogen and oxygen atoms in total. The number of carbonyl (C=O) groups is 1. The monoisotopic (exact) mass is 274 g/mol. The van der Waals surface area contributed by atoms with Crippen LogP contribution in [0.25, 0.3) is 0 Å². The molecule has 0 saturated heterocycles. The van der Waals surface area contributed by atoms with E-state index >= 15 is 0 Å². The summed E-state index contributed by atoms with van der Waals surface area (Å²) in [5.41, 5.74) is 0.704. The van der Waals surface area contributed by atoms with E-state index in [1.54, 1.807) is 19.1 Å². The normalized spacial score (nSPS) is 10.1. The van der Waals surface area contributed by atoms with Crippen LogP contribution in [0.1, 0.15) is 15.9 Å². The molecule has 20 heavy (non-hydrogen) atoms. The smallest absolute Gasteiger partial charge is 0.347 e. The SMILES string of the molecule is COc1ccc(OC(=O)c2c(C)cccc2O)cc1O. The standard InChI is InChI=1S/C15H14O5/c1-9-4-3-5-11(16)14(9)15(18)20-10-6-7-13(19-2)12(17)8-10/h3-8,16-17H,1-2H3. The van der Waals surface area contributed by atoms with E-state index in [-0.39, 0.29) is 28.6 Å². The molecule has 0 heterocycles. The second-order valence-electron chi connectivity index (χ2n) is 4.19. The number of phenolic OH excluding ortho intramolecular Hbond substituents is 2. The fraction of sp³-hybridized carbons (Fsp3) is 0.133. The van der Waals surface area contributed by atoms with Crippen LogP contribution >= 0.6 is 0 Å². The van der Waals surface area contributed by atoms with Gasteiger partial charge in [-0.15, -0.1) is 0 Å². The third-order valence-corrected chi connectivity index (χ3v) is 2.82. The average molecular weight is 274 g/mol. The van der Waals surface area contributed by atoms with Crippen LogP contribution in [-0.4, -0.2) is 23.3 Å². The Hall–Kier alpha value is -2.69. The van der Waals surface area contributed by atoms with Crippen LogP contribution in [0.4, 0.5) is 0 Å². The molecule has 0 spiro atoms. The molecule has 2 aromatic carbocycles. The third-order valence-electron chi connectivity index (χ3n) is 2.82. The summed E-state index contributed by atoms with van der Waals surface area (Å²) in [4.78, 5) is 12.0. The van der Waals surface area contributed by atoms with Gasteiger partial charge in [-0.1, -0.05) is 12.1 Å². The maximum absolute atomic E-state index is 12.0. The fourth-order valence-electron chi connectivity index (χ4n) is 1.81. The van der Waals surface area contributed by atoms with Crippen molar-refractivity contribution in [1.82, 2.24) is 0 Å². The van der Waals surface area contributed by atoms with Crippen molar-refractivity contribution >= 4 is 5.97 Å². The van der Waals surface area contributed by atoms with Crippen molar-refractivity contribution in [2.75, 3.05) is 7.11 Å². The number of hydrogen-bond acceptors (Lipinski definition) is 5. The number of carbonyl (C=O) groups excluding carboxylic acids is 1. The number of aryl methyl sites for hydroxylation is 1. The first-order valence-corrected chi connectivity index (χ1v) is 5.90. The van der Waals surface area contributed by atoms with Gasteiger partial charge in [0.1, 0.15) is 17.1 Å². The molecule has 0 aliphatic carbocycles. The predicted molar refractivity (Wildman–Crippen MR) is 72.5 cm³/mol. The highest BCUT2D eigenvalue weighted by molar-refractivity contribution is 5.95. The zero-order chi connectivity index (χ0) is 14.7. The van der Waals surface area contributed by atoms with Gasteiger partial charge in [-0.25, -0.2) is 4.79 Å². The number of ether oxygens (including phenoxy) is 2. The minimum Gasteiger partial charge on any atom is -0.507 e. The number of aromatic hydroxyl groups is 2. The molecule has 0 bridgehead atoms. The Labute approximate surface area is 116 Å². The number of esters is 1. The topological polar surface area (TPSA) is 76.0 Å². The van der Waals surface area contributed by atoms with Gasteiger partial charge in [0.15, 0.2) is 11.5 Å². The Morgan fingerprint density at radius 3 is 2.45 bits per heavy atom. The first-order valence-electron chi connectivity index (χ1n) is 5.90. The van der Waals surface area contributed by atoms with Gasteiger partial charge >= 0.3 is 5.97 Å². The van der Waals surface area contributed by atoms with Crippen LogP contribution in [0.3, 0.4) is 0 Å². The highest BCUT2D eigenvalue weighted by Gasteiger charge is 2.16. The Kier molecular flexibility index (Phi) is 3.79. The van der Waals surface area contributed by atoms with E-state index in [4.69, 9.17) is 9.47 Å². The van der Waals surface area contributed by atoms with Gasteiger partial charge in [0.05, 0.1) is 7.11 Å². The van der Waals surface area contributed by atoms with Crippen molar-refractivity contribution in [3.8, 4) is 23.0 Å². The molecule has 2 aromatic rings. The zero-order valence-electron chi connectivity index (χ0n) is 11.1. The van der Waals surface area contributed by atoms with Crippen molar-refractivity contribution in [2.24, 2.45) is 0 Å². The summed E-state index contributed by atoms with van der Waals surface area (Å²) >= 11 is 0. The first kappa shape index (κ1) is 13.7. The van der Waals surface area contributed by atoms with Crippen molar-refractivity contribution < 1.29 is 24.5 Å². The molecule has 0 aliphatic rings. The van der Waals surface area contributed by atoms with Crippen molar-refractivity contribution in [3.05, 3.63) is 47.5 Å². The second-order valence-corrected chi connectivity index (χ2v) is 4.19. The molecule has 0 unspecified atom stereocenters. The Morgan fingerprint density at radius 2 is 1.85 bits per heavy atom. The van der Waals surface area contributed by atoms with Crippen LogP contribution in [0.5, 0.6) is 23.0 Å². The highest BCUT2D eigenvalue weighted by Crippen LogP contribution is 2.31. The lowest BCUT2D eigenvalue weighted by molar-refractivity contribution is 0.0730. The number of methoxy groups -OCH3 is 1.